The van der Waals surface area contributed by atoms with Gasteiger partial charge in [-0.05, 0) is 30.9 Å². The number of halogens is 1. The fraction of sp³-hybridized carbons (Fsp3) is 0.583. The van der Waals surface area contributed by atoms with Gasteiger partial charge >= 0.3 is 0 Å². The quantitative estimate of drug-likeness (QED) is 0.497. The van der Waals surface area contributed by atoms with Crippen molar-refractivity contribution in [3.63, 3.8) is 0 Å². The van der Waals surface area contributed by atoms with Crippen LogP contribution >= 0.6 is 24.0 Å². The molecule has 4 nitrogen and oxygen atoms in total. The molecule has 5 heteroatoms. The predicted molar refractivity (Wildman–Crippen MR) is 81.8 cm³/mol. The molecule has 1 aliphatic rings. The van der Waals surface area contributed by atoms with Crippen LogP contribution in [0.15, 0.2) is 23.5 Å². The van der Waals surface area contributed by atoms with Crippen molar-refractivity contribution in [2.24, 2.45) is 12.0 Å². The van der Waals surface area contributed by atoms with Crippen molar-refractivity contribution in [2.45, 2.75) is 31.8 Å². The van der Waals surface area contributed by atoms with Gasteiger partial charge in [0.25, 0.3) is 0 Å². The highest BCUT2D eigenvalue weighted by Crippen LogP contribution is 2.17. The topological polar surface area (TPSA) is 41.4 Å². The molecule has 1 aliphatic carbocycles. The Kier molecular flexibility index (Phi) is 5.80. The molecule has 1 saturated carbocycles. The smallest absolute Gasteiger partial charge is 0.191 e. The van der Waals surface area contributed by atoms with Gasteiger partial charge in [-0.15, -0.1) is 24.0 Å². The Bertz CT molecular complexity index is 368. The van der Waals surface area contributed by atoms with Crippen LogP contribution in [0.3, 0.4) is 0 Å². The van der Waals surface area contributed by atoms with E-state index in [1.165, 1.54) is 24.8 Å². The monoisotopic (exact) mass is 348 g/mol. The molecule has 2 N–H and O–H groups in total. The Morgan fingerprint density at radius 1 is 1.53 bits per heavy atom. The van der Waals surface area contributed by atoms with Gasteiger partial charge in [0.15, 0.2) is 5.96 Å². The third-order valence-electron chi connectivity index (χ3n) is 3.02. The molecule has 0 bridgehead atoms. The molecule has 0 amide bonds. The minimum atomic E-state index is 0. The molecule has 96 valence electrons. The van der Waals surface area contributed by atoms with E-state index in [2.05, 4.69) is 38.7 Å². The summed E-state index contributed by atoms with van der Waals surface area (Å²) < 4.78 is 2.05. The average Bonchev–Trinajstić information content (AvgIpc) is 2.62. The summed E-state index contributed by atoms with van der Waals surface area (Å²) in [5.41, 5.74) is 1.28. The zero-order chi connectivity index (χ0) is 11.4. The normalized spacial score (nSPS) is 16.0. The van der Waals surface area contributed by atoms with Gasteiger partial charge in [0.1, 0.15) is 0 Å². The highest BCUT2D eigenvalue weighted by atomic mass is 127. The molecule has 2 rings (SSSR count). The SMILES string of the molecule is CN=C(NCc1ccn(C)c1)NC1CCC1.I. The van der Waals surface area contributed by atoms with Crippen LogP contribution in [-0.4, -0.2) is 23.6 Å². The molecule has 0 radical (unpaired) electrons. The van der Waals surface area contributed by atoms with Gasteiger partial charge in [0.2, 0.25) is 0 Å². The first kappa shape index (κ1) is 14.3. The lowest BCUT2D eigenvalue weighted by Crippen LogP contribution is -2.45. The van der Waals surface area contributed by atoms with E-state index in [9.17, 15) is 0 Å². The molecule has 1 heterocycles. The Morgan fingerprint density at radius 2 is 2.29 bits per heavy atom. The van der Waals surface area contributed by atoms with Gasteiger partial charge in [-0.1, -0.05) is 0 Å². The summed E-state index contributed by atoms with van der Waals surface area (Å²) in [5.74, 6) is 0.911. The third kappa shape index (κ3) is 4.22. The summed E-state index contributed by atoms with van der Waals surface area (Å²) in [4.78, 5) is 4.22. The molecule has 0 unspecified atom stereocenters. The van der Waals surface area contributed by atoms with Crippen LogP contribution in [0.2, 0.25) is 0 Å². The number of nitrogens with zero attached hydrogens (tertiary/aromatic N) is 2. The highest BCUT2D eigenvalue weighted by molar-refractivity contribution is 14.0. The van der Waals surface area contributed by atoms with Crippen molar-refractivity contribution in [1.82, 2.24) is 15.2 Å². The van der Waals surface area contributed by atoms with E-state index in [0.717, 1.165) is 12.5 Å². The second-order valence-electron chi connectivity index (χ2n) is 4.38. The van der Waals surface area contributed by atoms with Crippen LogP contribution < -0.4 is 10.6 Å². The Hall–Kier alpha value is -0.720. The number of guanidine groups is 1. The van der Waals surface area contributed by atoms with Gasteiger partial charge in [-0.3, -0.25) is 4.99 Å². The van der Waals surface area contributed by atoms with Crippen LogP contribution in [0, 0.1) is 0 Å². The zero-order valence-corrected chi connectivity index (χ0v) is 12.8. The fourth-order valence-electron chi connectivity index (χ4n) is 1.79. The first-order valence-corrected chi connectivity index (χ1v) is 5.86. The van der Waals surface area contributed by atoms with E-state index in [1.807, 2.05) is 14.1 Å². The Labute approximate surface area is 120 Å². The maximum atomic E-state index is 4.22. The fourth-order valence-corrected chi connectivity index (χ4v) is 1.79. The zero-order valence-electron chi connectivity index (χ0n) is 10.4. The number of aromatic nitrogens is 1. The number of aliphatic imine (C=N–C) groups is 1. The van der Waals surface area contributed by atoms with Crippen LogP contribution in [0.25, 0.3) is 0 Å². The molecule has 0 spiro atoms. The van der Waals surface area contributed by atoms with Gasteiger partial charge in [-0.25, -0.2) is 0 Å². The molecular weight excluding hydrogens is 327 g/mol. The lowest BCUT2D eigenvalue weighted by atomic mass is 9.93. The van der Waals surface area contributed by atoms with Crippen molar-refractivity contribution >= 4 is 29.9 Å². The van der Waals surface area contributed by atoms with Crippen LogP contribution in [0.5, 0.6) is 0 Å². The summed E-state index contributed by atoms with van der Waals surface area (Å²) in [5, 5.41) is 6.74. The number of nitrogens with one attached hydrogen (secondary N) is 2. The van der Waals surface area contributed by atoms with E-state index in [1.54, 1.807) is 0 Å². The second-order valence-corrected chi connectivity index (χ2v) is 4.38. The van der Waals surface area contributed by atoms with Crippen molar-refractivity contribution in [1.29, 1.82) is 0 Å². The molecule has 17 heavy (non-hydrogen) atoms. The average molecular weight is 348 g/mol. The molecule has 0 atom stereocenters. The van der Waals surface area contributed by atoms with Crippen molar-refractivity contribution in [3.05, 3.63) is 24.0 Å². The van der Waals surface area contributed by atoms with Crippen LogP contribution in [-0.2, 0) is 13.6 Å². The van der Waals surface area contributed by atoms with Crippen LogP contribution in [0.1, 0.15) is 24.8 Å². The third-order valence-corrected chi connectivity index (χ3v) is 3.02. The maximum Gasteiger partial charge on any atom is 0.191 e. The largest absolute Gasteiger partial charge is 0.357 e. The van der Waals surface area contributed by atoms with Gasteiger partial charge in [0, 0.05) is 39.1 Å². The maximum absolute atomic E-state index is 4.22. The molecule has 1 aromatic heterocycles. The van der Waals surface area contributed by atoms with E-state index >= 15 is 0 Å². The number of aryl methyl sites for hydroxylation is 1. The van der Waals surface area contributed by atoms with Gasteiger partial charge in [-0.2, -0.15) is 0 Å². The van der Waals surface area contributed by atoms with Crippen molar-refractivity contribution < 1.29 is 0 Å². The molecule has 0 aliphatic heterocycles. The second kappa shape index (κ2) is 6.88. The molecule has 0 saturated heterocycles. The van der Waals surface area contributed by atoms with E-state index in [4.69, 9.17) is 0 Å². The summed E-state index contributed by atoms with van der Waals surface area (Å²) in [6, 6.07) is 2.74. The number of hydrogen-bond acceptors (Lipinski definition) is 1. The lowest BCUT2D eigenvalue weighted by Gasteiger charge is -2.28. The van der Waals surface area contributed by atoms with E-state index in [0.29, 0.717) is 6.04 Å². The number of rotatable bonds is 3. The summed E-state index contributed by atoms with van der Waals surface area (Å²) in [7, 11) is 3.85. The summed E-state index contributed by atoms with van der Waals surface area (Å²) in [6.45, 7) is 0.827. The predicted octanol–water partition coefficient (Wildman–Crippen LogP) is 1.86. The van der Waals surface area contributed by atoms with Crippen LogP contribution in [0.4, 0.5) is 0 Å². The van der Waals surface area contributed by atoms with E-state index < -0.39 is 0 Å². The summed E-state index contributed by atoms with van der Waals surface area (Å²) >= 11 is 0. The molecule has 1 aromatic rings. The molecule has 0 aromatic carbocycles. The summed E-state index contributed by atoms with van der Waals surface area (Å²) in [6.07, 6.45) is 8.05. The van der Waals surface area contributed by atoms with Gasteiger partial charge < -0.3 is 15.2 Å². The standard InChI is InChI=1S/C12H20N4.HI/c1-13-12(15-11-4-3-5-11)14-8-10-6-7-16(2)9-10;/h6-7,9,11H,3-5,8H2,1-2H3,(H2,13,14,15);1H. The first-order chi connectivity index (χ1) is 7.78. The minimum Gasteiger partial charge on any atom is -0.357 e. The van der Waals surface area contributed by atoms with Crippen molar-refractivity contribution in [2.75, 3.05) is 7.05 Å². The highest BCUT2D eigenvalue weighted by Gasteiger charge is 2.17. The van der Waals surface area contributed by atoms with Gasteiger partial charge in [0.05, 0.1) is 0 Å². The molecular formula is C12H21IN4. The molecule has 1 fully saturated rings. The van der Waals surface area contributed by atoms with E-state index in [-0.39, 0.29) is 24.0 Å². The number of hydrogen-bond donors (Lipinski definition) is 2. The van der Waals surface area contributed by atoms with Crippen molar-refractivity contribution in [3.8, 4) is 0 Å². The minimum absolute atomic E-state index is 0. The Balaban J connectivity index is 0.00000144. The first-order valence-electron chi connectivity index (χ1n) is 5.86. The lowest BCUT2D eigenvalue weighted by molar-refractivity contribution is 0.380. The Morgan fingerprint density at radius 3 is 2.76 bits per heavy atom.